The Morgan fingerprint density at radius 3 is 1.12 bits per heavy atom. The van der Waals surface area contributed by atoms with Crippen LogP contribution in [0, 0.1) is 62.3 Å². The molecule has 0 aliphatic carbocycles. The fourth-order valence-corrected chi connectivity index (χ4v) is 5.58. The minimum absolute atomic E-state index is 0.950. The van der Waals surface area contributed by atoms with Gasteiger partial charge in [-0.3, -0.25) is 9.98 Å². The molecule has 0 aliphatic rings. The fourth-order valence-electron chi connectivity index (χ4n) is 5.58. The summed E-state index contributed by atoms with van der Waals surface area (Å²) in [5.74, 6) is 0. The van der Waals surface area contributed by atoms with Crippen LogP contribution < -0.4 is 5.32 Å². The number of halogens is 2. The second-order valence-electron chi connectivity index (χ2n) is 10.8. The summed E-state index contributed by atoms with van der Waals surface area (Å²) < 4.78 is 0. The zero-order valence-corrected chi connectivity index (χ0v) is 30.2. The van der Waals surface area contributed by atoms with Gasteiger partial charge < -0.3 is 5.32 Å². The van der Waals surface area contributed by atoms with E-state index in [1.54, 1.807) is 0 Å². The van der Waals surface area contributed by atoms with E-state index in [0.717, 1.165) is 50.9 Å². The number of hydrogen-bond acceptors (Lipinski definition) is 3. The van der Waals surface area contributed by atoms with Crippen LogP contribution in [-0.4, -0.2) is 11.4 Å². The summed E-state index contributed by atoms with van der Waals surface area (Å²) >= 11 is 7.12. The second-order valence-corrected chi connectivity index (χ2v) is 16.1. The Bertz CT molecular complexity index is 1340. The summed E-state index contributed by atoms with van der Waals surface area (Å²) in [5.41, 5.74) is 18.2. The van der Waals surface area contributed by atoms with Crippen LogP contribution in [0.15, 0.2) is 57.7 Å². The number of nitrogens with zero attached hydrogens (tertiary/aromatic N) is 2. The van der Waals surface area contributed by atoms with Gasteiger partial charge in [0, 0.05) is 28.4 Å². The molecule has 217 valence electrons. The molecule has 0 radical (unpaired) electrons. The normalized spacial score (nSPS) is 11.8. The quantitative estimate of drug-likeness (QED) is 0.254. The number of nitrogens with one attached hydrogen (secondary N) is 1. The van der Waals surface area contributed by atoms with Gasteiger partial charge in [0.25, 0.3) is 0 Å². The molecule has 1 N–H and O–H groups in total. The van der Waals surface area contributed by atoms with Crippen LogP contribution in [0.1, 0.15) is 70.8 Å². The molecule has 0 saturated carbocycles. The van der Waals surface area contributed by atoms with E-state index in [4.69, 9.17) is 9.98 Å². The average Bonchev–Trinajstić information content (AvgIpc) is 2.81. The standard InChI is InChI=1S/C34H43N3.2BrH.Co/c1-19-13-22(4)32(23(5)14-19)35-28(10)31(29(11)36-33-24(6)15-20(2)16-25(33)7)30(12)37-34-26(8)17-21(3)18-27(34)9;;;/h13-18,35H,1-12H3;2*1H;/q;;;+2/p-2. The predicted octanol–water partition coefficient (Wildman–Crippen LogP) is 11.4. The number of aryl methyl sites for hydroxylation is 9. The van der Waals surface area contributed by atoms with Gasteiger partial charge in [0.05, 0.1) is 11.4 Å². The van der Waals surface area contributed by atoms with E-state index >= 15 is 0 Å². The second kappa shape index (κ2) is 15.3. The Hall–Kier alpha value is -1.99. The maximum atomic E-state index is 5.18. The topological polar surface area (TPSA) is 36.8 Å². The molecule has 0 heterocycles. The first-order chi connectivity index (χ1) is 18.7. The van der Waals surface area contributed by atoms with Crippen molar-refractivity contribution in [1.29, 1.82) is 0 Å². The molecule has 40 heavy (non-hydrogen) atoms. The van der Waals surface area contributed by atoms with Crippen LogP contribution in [-0.2, 0) is 11.1 Å². The summed E-state index contributed by atoms with van der Waals surface area (Å²) in [7, 11) is 0. The molecule has 0 spiro atoms. The van der Waals surface area contributed by atoms with Crippen LogP contribution in [0.25, 0.3) is 0 Å². The molecule has 6 heteroatoms. The van der Waals surface area contributed by atoms with Crippen molar-refractivity contribution in [3.8, 4) is 0 Å². The van der Waals surface area contributed by atoms with E-state index < -0.39 is 0 Å². The molecule has 0 unspecified atom stereocenters. The first-order valence-electron chi connectivity index (χ1n) is 13.4. The molecular formula is C34H43Br2CoN3. The van der Waals surface area contributed by atoms with Crippen molar-refractivity contribution >= 4 is 56.8 Å². The number of rotatable bonds is 6. The van der Waals surface area contributed by atoms with E-state index in [-0.39, 0.29) is 0 Å². The van der Waals surface area contributed by atoms with Gasteiger partial charge in [0.15, 0.2) is 0 Å². The number of aliphatic imine (C=N–C) groups is 2. The molecule has 3 rings (SSSR count). The molecule has 3 aromatic rings. The third kappa shape index (κ3) is 9.00. The summed E-state index contributed by atoms with van der Waals surface area (Å²) in [6, 6.07) is 13.3. The number of allylic oxidation sites excluding steroid dienone is 2. The first kappa shape index (κ1) is 34.2. The van der Waals surface area contributed by atoms with Crippen molar-refractivity contribution in [2.75, 3.05) is 5.32 Å². The summed E-state index contributed by atoms with van der Waals surface area (Å²) in [4.78, 5) is 10.4. The molecule has 0 saturated heterocycles. The molecule has 0 atom stereocenters. The molecule has 0 aromatic heterocycles. The van der Waals surface area contributed by atoms with Gasteiger partial charge in [-0.05, 0) is 116 Å². The van der Waals surface area contributed by atoms with E-state index in [9.17, 15) is 0 Å². The van der Waals surface area contributed by atoms with Crippen LogP contribution in [0.3, 0.4) is 0 Å². The minimum atomic E-state index is 0.950. The van der Waals surface area contributed by atoms with Crippen molar-refractivity contribution in [3.05, 3.63) is 97.7 Å². The van der Waals surface area contributed by atoms with Crippen molar-refractivity contribution in [1.82, 2.24) is 0 Å². The number of benzene rings is 3. The molecule has 3 aromatic carbocycles. The van der Waals surface area contributed by atoms with E-state index in [1.807, 2.05) is 0 Å². The summed E-state index contributed by atoms with van der Waals surface area (Å²) in [5, 5.41) is 3.73. The molecular weight excluding hydrogens is 669 g/mol. The summed E-state index contributed by atoms with van der Waals surface area (Å²) in [6.07, 6.45) is 0. The fraction of sp³-hybridized carbons (Fsp3) is 0.353. The average molecular weight is 712 g/mol. The molecule has 0 amide bonds. The Labute approximate surface area is 262 Å². The predicted molar refractivity (Wildman–Crippen MR) is 182 cm³/mol. The monoisotopic (exact) mass is 710 g/mol. The van der Waals surface area contributed by atoms with E-state index in [2.05, 4.69) is 153 Å². The third-order valence-corrected chi connectivity index (χ3v) is 6.92. The number of anilines is 1. The van der Waals surface area contributed by atoms with Crippen LogP contribution in [0.5, 0.6) is 0 Å². The Balaban J connectivity index is 0.00000178. The number of hydrogen-bond donors (Lipinski definition) is 1. The third-order valence-electron chi connectivity index (χ3n) is 6.92. The first-order valence-corrected chi connectivity index (χ1v) is 18.5. The Kier molecular flexibility index (Phi) is 13.1. The zero-order valence-electron chi connectivity index (χ0n) is 25.9. The van der Waals surface area contributed by atoms with Crippen molar-refractivity contribution in [2.45, 2.75) is 83.1 Å². The van der Waals surface area contributed by atoms with E-state index in [1.165, 1.54) is 50.1 Å². The van der Waals surface area contributed by atoms with Gasteiger partial charge in [0.1, 0.15) is 0 Å². The van der Waals surface area contributed by atoms with Crippen LogP contribution in [0.2, 0.25) is 0 Å². The van der Waals surface area contributed by atoms with E-state index in [0.29, 0.717) is 0 Å². The van der Waals surface area contributed by atoms with Crippen molar-refractivity contribution in [2.24, 2.45) is 9.98 Å². The molecule has 0 fully saturated rings. The van der Waals surface area contributed by atoms with Gasteiger partial charge in [-0.25, -0.2) is 0 Å². The van der Waals surface area contributed by atoms with Gasteiger partial charge in [-0.2, -0.15) is 0 Å². The maximum absolute atomic E-state index is 5.18. The van der Waals surface area contributed by atoms with Gasteiger partial charge >= 0.3 is 39.5 Å². The molecule has 0 bridgehead atoms. The SMILES string of the molecule is CC(=Nc1c(C)cc(C)cc1C)C(C(C)=Nc1c(C)cc(C)cc1C)=C(C)Nc1c(C)cc(C)cc1C.[Br][Co][Br]. The Morgan fingerprint density at radius 2 is 0.825 bits per heavy atom. The summed E-state index contributed by atoms with van der Waals surface area (Å²) in [6.45, 7) is 25.6. The Morgan fingerprint density at radius 1 is 0.550 bits per heavy atom. The zero-order chi connectivity index (χ0) is 30.3. The van der Waals surface area contributed by atoms with Crippen molar-refractivity contribution in [3.63, 3.8) is 0 Å². The van der Waals surface area contributed by atoms with Gasteiger partial charge in [-0.15, -0.1) is 0 Å². The van der Waals surface area contributed by atoms with Crippen LogP contribution >= 0.6 is 28.3 Å². The van der Waals surface area contributed by atoms with Crippen molar-refractivity contribution < 1.29 is 11.1 Å². The van der Waals surface area contributed by atoms with Gasteiger partial charge in [0.2, 0.25) is 0 Å². The molecule has 0 aliphatic heterocycles. The molecule has 3 nitrogen and oxygen atoms in total. The van der Waals surface area contributed by atoms with Gasteiger partial charge in [-0.1, -0.05) is 53.1 Å². The van der Waals surface area contributed by atoms with Crippen LogP contribution in [0.4, 0.5) is 17.1 Å².